The van der Waals surface area contributed by atoms with E-state index in [4.69, 9.17) is 4.74 Å². The van der Waals surface area contributed by atoms with Gasteiger partial charge in [0.05, 0.1) is 0 Å². The third kappa shape index (κ3) is 5.52. The summed E-state index contributed by atoms with van der Waals surface area (Å²) >= 11 is -2.47. The van der Waals surface area contributed by atoms with Gasteiger partial charge in [-0.15, -0.1) is 0 Å². The molecule has 0 spiro atoms. The molecule has 0 aliphatic carbocycles. The molecule has 0 fully saturated rings. The zero-order chi connectivity index (χ0) is 22.6. The van der Waals surface area contributed by atoms with Crippen molar-refractivity contribution in [1.82, 2.24) is 9.97 Å². The van der Waals surface area contributed by atoms with Gasteiger partial charge in [0.25, 0.3) is 0 Å². The van der Waals surface area contributed by atoms with Gasteiger partial charge >= 0.3 is 191 Å². The maximum absolute atomic E-state index is 13.4. The average Bonchev–Trinajstić information content (AvgIpc) is 3.28. The number of hydrogen-bond acceptors (Lipinski definition) is 4. The first kappa shape index (κ1) is 23.0. The summed E-state index contributed by atoms with van der Waals surface area (Å²) < 4.78 is 4.71. The van der Waals surface area contributed by atoms with Crippen molar-refractivity contribution >= 4 is 35.2 Å². The van der Waals surface area contributed by atoms with E-state index >= 15 is 0 Å². The number of H-pyrrole nitrogens is 1. The molecule has 3 rings (SSSR count). The van der Waals surface area contributed by atoms with E-state index in [1.54, 1.807) is 7.11 Å². The van der Waals surface area contributed by atoms with Crippen LogP contribution in [0.4, 0.5) is 5.69 Å². The summed E-state index contributed by atoms with van der Waals surface area (Å²) in [6, 6.07) is 15.2. The van der Waals surface area contributed by atoms with Crippen molar-refractivity contribution in [3.05, 3.63) is 77.9 Å². The fourth-order valence-corrected chi connectivity index (χ4v) is 7.42. The minimum absolute atomic E-state index is 0.0132. The number of benzene rings is 2. The summed E-state index contributed by atoms with van der Waals surface area (Å²) in [6.45, 7) is 6.44. The van der Waals surface area contributed by atoms with Gasteiger partial charge in [0.1, 0.15) is 0 Å². The summed E-state index contributed by atoms with van der Waals surface area (Å²) in [5.74, 6) is 0.534. The van der Waals surface area contributed by atoms with Crippen molar-refractivity contribution in [2.24, 2.45) is 0 Å². The number of carbonyl (C=O) groups excluding carboxylic acids is 2. The van der Waals surface area contributed by atoms with Crippen molar-refractivity contribution in [1.29, 1.82) is 0 Å². The fourth-order valence-electron chi connectivity index (χ4n) is 3.14. The molecule has 2 aromatic carbocycles. The van der Waals surface area contributed by atoms with Crippen LogP contribution in [-0.4, -0.2) is 31.7 Å². The van der Waals surface area contributed by atoms with Gasteiger partial charge in [-0.3, -0.25) is 0 Å². The number of amides is 1. The molecule has 6 nitrogen and oxygen atoms in total. The molecule has 0 radical (unpaired) electrons. The zero-order valence-electron chi connectivity index (χ0n) is 18.4. The van der Waals surface area contributed by atoms with Crippen molar-refractivity contribution < 1.29 is 14.3 Å². The number of methoxy groups -OCH3 is 1. The molecule has 7 heteroatoms. The second-order valence-electron chi connectivity index (χ2n) is 8.21. The number of aromatic nitrogens is 2. The molecule has 0 aliphatic heterocycles. The van der Waals surface area contributed by atoms with E-state index in [-0.39, 0.29) is 15.1 Å². The predicted molar refractivity (Wildman–Crippen MR) is 132 cm³/mol. The third-order valence-electron chi connectivity index (χ3n) is 4.97. The van der Waals surface area contributed by atoms with Gasteiger partial charge in [-0.2, -0.15) is 0 Å². The summed E-state index contributed by atoms with van der Waals surface area (Å²) in [5, 5.41) is 3.02. The number of carbonyl (C=O) groups is 2. The van der Waals surface area contributed by atoms with E-state index in [1.165, 1.54) is 18.1 Å². The molecule has 0 aliphatic rings. The Bertz CT molecular complexity index is 1020. The van der Waals surface area contributed by atoms with E-state index in [2.05, 4.69) is 36.1 Å². The number of rotatable bonds is 7. The Labute approximate surface area is 190 Å². The quantitative estimate of drug-likeness (QED) is 0.243. The second kappa shape index (κ2) is 9.64. The number of alkyl halides is 2. The van der Waals surface area contributed by atoms with E-state index in [9.17, 15) is 9.59 Å². The third-order valence-corrected chi connectivity index (χ3v) is 10.2. The van der Waals surface area contributed by atoms with Crippen molar-refractivity contribution in [2.75, 3.05) is 17.4 Å². The molecule has 0 bridgehead atoms. The molecule has 2 N–H and O–H groups in total. The standard InChI is InChI=1S/C24H28IN3O3/c1-24(2,3)17-8-10-18(11-9-17)28-23(30)21(16-6-12-19(31-5)13-7-16)25(4)22(29)20-14-26-15-27-20/h6-15,21H,1-5H3,(H,26,27)(H,28,30). The monoisotopic (exact) mass is 533 g/mol. The molecule has 1 amide bonds. The number of imidazole rings is 1. The molecule has 0 saturated carbocycles. The van der Waals surface area contributed by atoms with Crippen LogP contribution in [0.25, 0.3) is 0 Å². The van der Waals surface area contributed by atoms with Crippen molar-refractivity contribution in [3.8, 4) is 5.75 Å². The molecule has 1 atom stereocenters. The maximum atomic E-state index is 13.4. The Kier molecular flexibility index (Phi) is 7.15. The fraction of sp³-hybridized carbons (Fsp3) is 0.292. The van der Waals surface area contributed by atoms with E-state index in [0.29, 0.717) is 11.4 Å². The Morgan fingerprint density at radius 3 is 2.23 bits per heavy atom. The van der Waals surface area contributed by atoms with Crippen LogP contribution in [-0.2, 0) is 10.2 Å². The van der Waals surface area contributed by atoms with Gasteiger partial charge in [0, 0.05) is 0 Å². The van der Waals surface area contributed by atoms with E-state index in [1.807, 2.05) is 53.5 Å². The van der Waals surface area contributed by atoms with Gasteiger partial charge in [0.2, 0.25) is 0 Å². The molecular weight excluding hydrogens is 505 g/mol. The number of nitrogens with zero attached hydrogens (tertiary/aromatic N) is 1. The van der Waals surface area contributed by atoms with Gasteiger partial charge in [-0.25, -0.2) is 0 Å². The Hall–Kier alpha value is -2.68. The molecule has 31 heavy (non-hydrogen) atoms. The SMILES string of the molecule is COc1ccc(C(C(=O)Nc2ccc(C(C)(C)C)cc2)I(C)C(=O)c2cnc[nH]2)cc1. The summed E-state index contributed by atoms with van der Waals surface area (Å²) in [4.78, 5) is 35.2. The number of nitrogens with one attached hydrogen (secondary N) is 2. The van der Waals surface area contributed by atoms with Crippen LogP contribution < -0.4 is 10.1 Å². The Morgan fingerprint density at radius 2 is 1.71 bits per heavy atom. The topological polar surface area (TPSA) is 84.1 Å². The molecular formula is C24H28IN3O3. The number of aromatic amines is 1. The van der Waals surface area contributed by atoms with Gasteiger partial charge in [-0.1, -0.05) is 0 Å². The number of ether oxygens (including phenoxy) is 1. The van der Waals surface area contributed by atoms with Gasteiger partial charge in [0.15, 0.2) is 0 Å². The molecule has 3 aromatic rings. The normalized spacial score (nSPS) is 12.7. The van der Waals surface area contributed by atoms with Crippen LogP contribution >= 0.6 is 19.8 Å². The molecule has 0 saturated heterocycles. The number of halogens is 1. The van der Waals surface area contributed by atoms with Gasteiger partial charge in [-0.05, 0) is 0 Å². The Balaban J connectivity index is 1.89. The van der Waals surface area contributed by atoms with Crippen LogP contribution in [0.3, 0.4) is 0 Å². The average molecular weight is 533 g/mol. The van der Waals surface area contributed by atoms with Crippen LogP contribution in [0.5, 0.6) is 5.75 Å². The zero-order valence-corrected chi connectivity index (χ0v) is 20.6. The van der Waals surface area contributed by atoms with Crippen molar-refractivity contribution in [3.63, 3.8) is 0 Å². The first-order valence-corrected chi connectivity index (χ1v) is 14.4. The first-order chi connectivity index (χ1) is 14.7. The summed E-state index contributed by atoms with van der Waals surface area (Å²) in [6.07, 6.45) is 3.00. The first-order valence-electron chi connectivity index (χ1n) is 9.87. The van der Waals surface area contributed by atoms with E-state index in [0.717, 1.165) is 11.3 Å². The van der Waals surface area contributed by atoms with E-state index < -0.39 is 23.7 Å². The second-order valence-corrected chi connectivity index (χ2v) is 13.4. The van der Waals surface area contributed by atoms with Crippen LogP contribution in [0, 0.1) is 0 Å². The Morgan fingerprint density at radius 1 is 1.06 bits per heavy atom. The molecule has 1 unspecified atom stereocenters. The van der Waals surface area contributed by atoms with Crippen LogP contribution in [0.15, 0.2) is 61.1 Å². The van der Waals surface area contributed by atoms with Crippen LogP contribution in [0.2, 0.25) is 0 Å². The summed E-state index contributed by atoms with van der Waals surface area (Å²) in [5.41, 5.74) is 3.21. The number of hydrogen-bond donors (Lipinski definition) is 2. The number of anilines is 1. The predicted octanol–water partition coefficient (Wildman–Crippen LogP) is 5.37. The minimum atomic E-state index is -2.47. The van der Waals surface area contributed by atoms with Crippen molar-refractivity contribution in [2.45, 2.75) is 30.1 Å². The summed E-state index contributed by atoms with van der Waals surface area (Å²) in [7, 11) is 1.60. The molecule has 164 valence electrons. The molecule has 1 aromatic heterocycles. The molecule has 1 heterocycles. The van der Waals surface area contributed by atoms with Gasteiger partial charge < -0.3 is 0 Å². The van der Waals surface area contributed by atoms with Crippen LogP contribution in [0.1, 0.15) is 46.3 Å².